The number of benzene rings is 2. The molecule has 0 spiro atoms. The van der Waals surface area contributed by atoms with Crippen LogP contribution in [0.5, 0.6) is 0 Å². The summed E-state index contributed by atoms with van der Waals surface area (Å²) in [4.78, 5) is 26.7. The third-order valence-electron chi connectivity index (χ3n) is 4.37. The number of carbonyl (C=O) groups is 2. The molecule has 8 heteroatoms. The van der Waals surface area contributed by atoms with Gasteiger partial charge < -0.3 is 14.4 Å². The third-order valence-corrected chi connectivity index (χ3v) is 5.97. The van der Waals surface area contributed by atoms with Crippen LogP contribution in [0.4, 0.5) is 0 Å². The monoisotopic (exact) mass is 533 g/mol. The van der Waals surface area contributed by atoms with E-state index >= 15 is 0 Å². The van der Waals surface area contributed by atoms with Gasteiger partial charge in [0.1, 0.15) is 12.7 Å². The highest BCUT2D eigenvalue weighted by Gasteiger charge is 2.44. The summed E-state index contributed by atoms with van der Waals surface area (Å²) >= 11 is 14.1. The standard InChI is InChI=1S/C20H18Cl2INO4/c1-2-27-20(26)19(23)24-16(25)11-28-18(13-4-3-5-15(22)10-13)17(24)12-6-8-14(21)9-7-12/h3-10,17-19H,2,11H2,1H3/t17-,18+,19+/m0/s1. The molecule has 1 amide bonds. The number of hydrogen-bond donors (Lipinski definition) is 0. The van der Waals surface area contributed by atoms with E-state index in [4.69, 9.17) is 32.7 Å². The molecule has 1 heterocycles. The molecule has 28 heavy (non-hydrogen) atoms. The van der Waals surface area contributed by atoms with E-state index in [1.165, 1.54) is 4.90 Å². The fourth-order valence-corrected chi connectivity index (χ4v) is 4.34. The van der Waals surface area contributed by atoms with E-state index in [0.29, 0.717) is 10.0 Å². The Balaban J connectivity index is 2.08. The lowest BCUT2D eigenvalue weighted by Crippen LogP contribution is -2.51. The van der Waals surface area contributed by atoms with E-state index in [9.17, 15) is 9.59 Å². The molecule has 1 aliphatic heterocycles. The zero-order valence-electron chi connectivity index (χ0n) is 15.0. The van der Waals surface area contributed by atoms with Gasteiger partial charge in [0.25, 0.3) is 5.91 Å². The number of alkyl halides is 1. The van der Waals surface area contributed by atoms with Gasteiger partial charge in [0, 0.05) is 10.0 Å². The van der Waals surface area contributed by atoms with Gasteiger partial charge >= 0.3 is 5.97 Å². The average molecular weight is 534 g/mol. The molecule has 1 aliphatic rings. The maximum Gasteiger partial charge on any atom is 0.339 e. The lowest BCUT2D eigenvalue weighted by molar-refractivity contribution is -0.167. The Bertz CT molecular complexity index is 862. The van der Waals surface area contributed by atoms with Crippen molar-refractivity contribution in [2.45, 2.75) is 23.1 Å². The van der Waals surface area contributed by atoms with Gasteiger partial charge in [-0.2, -0.15) is 0 Å². The number of nitrogens with zero attached hydrogens (tertiary/aromatic N) is 1. The lowest BCUT2D eigenvalue weighted by Gasteiger charge is -2.43. The molecule has 2 aromatic rings. The normalized spacial score (nSPS) is 20.7. The first-order chi connectivity index (χ1) is 13.4. The van der Waals surface area contributed by atoms with Gasteiger partial charge in [0.15, 0.2) is 4.05 Å². The SMILES string of the molecule is CCOC(=O)[C@H](I)N1C(=O)CO[C@H](c2cccc(Cl)c2)[C@@H]1c1ccc(Cl)cc1. The maximum atomic E-state index is 12.8. The molecule has 148 valence electrons. The number of morpholine rings is 1. The van der Waals surface area contributed by atoms with Crippen LogP contribution in [0.2, 0.25) is 10.0 Å². The van der Waals surface area contributed by atoms with E-state index in [1.54, 1.807) is 31.2 Å². The molecule has 0 N–H and O–H groups in total. The first-order valence-electron chi connectivity index (χ1n) is 8.66. The van der Waals surface area contributed by atoms with Crippen LogP contribution < -0.4 is 0 Å². The minimum atomic E-state index is -0.795. The number of ether oxygens (including phenoxy) is 2. The van der Waals surface area contributed by atoms with Crippen molar-refractivity contribution < 1.29 is 19.1 Å². The number of carbonyl (C=O) groups excluding carboxylic acids is 2. The van der Waals surface area contributed by atoms with Crippen LogP contribution in [0.15, 0.2) is 48.5 Å². The fourth-order valence-electron chi connectivity index (χ4n) is 3.18. The van der Waals surface area contributed by atoms with Crippen LogP contribution in [-0.2, 0) is 19.1 Å². The molecule has 0 aliphatic carbocycles. The van der Waals surface area contributed by atoms with Crippen LogP contribution in [0, 0.1) is 0 Å². The van der Waals surface area contributed by atoms with Crippen molar-refractivity contribution >= 4 is 57.7 Å². The van der Waals surface area contributed by atoms with Gasteiger partial charge in [0.05, 0.1) is 12.6 Å². The van der Waals surface area contributed by atoms with Crippen LogP contribution in [0.1, 0.15) is 30.2 Å². The highest BCUT2D eigenvalue weighted by molar-refractivity contribution is 14.1. The molecular weight excluding hydrogens is 516 g/mol. The Morgan fingerprint density at radius 3 is 2.57 bits per heavy atom. The van der Waals surface area contributed by atoms with Gasteiger partial charge in [-0.3, -0.25) is 4.79 Å². The third kappa shape index (κ3) is 4.62. The van der Waals surface area contributed by atoms with Crippen molar-refractivity contribution in [1.29, 1.82) is 0 Å². The second-order valence-electron chi connectivity index (χ2n) is 6.17. The van der Waals surface area contributed by atoms with Crippen molar-refractivity contribution in [3.8, 4) is 0 Å². The van der Waals surface area contributed by atoms with Gasteiger partial charge in [-0.25, -0.2) is 4.79 Å². The predicted molar refractivity (Wildman–Crippen MR) is 116 cm³/mol. The highest BCUT2D eigenvalue weighted by atomic mass is 127. The summed E-state index contributed by atoms with van der Waals surface area (Å²) in [6, 6.07) is 13.9. The number of hydrogen-bond acceptors (Lipinski definition) is 4. The van der Waals surface area contributed by atoms with E-state index in [-0.39, 0.29) is 19.1 Å². The summed E-state index contributed by atoms with van der Waals surface area (Å²) in [5, 5.41) is 1.14. The Labute approximate surface area is 187 Å². The molecule has 1 saturated heterocycles. The summed E-state index contributed by atoms with van der Waals surface area (Å²) in [5.74, 6) is -0.757. The lowest BCUT2D eigenvalue weighted by atomic mass is 9.92. The van der Waals surface area contributed by atoms with E-state index in [2.05, 4.69) is 0 Å². The topological polar surface area (TPSA) is 55.8 Å². The Morgan fingerprint density at radius 1 is 1.21 bits per heavy atom. The largest absolute Gasteiger partial charge is 0.464 e. The maximum absolute atomic E-state index is 12.8. The number of amides is 1. The van der Waals surface area contributed by atoms with Crippen molar-refractivity contribution in [3.63, 3.8) is 0 Å². The highest BCUT2D eigenvalue weighted by Crippen LogP contribution is 2.42. The molecular formula is C20H18Cl2INO4. The van der Waals surface area contributed by atoms with Crippen LogP contribution in [0.25, 0.3) is 0 Å². The van der Waals surface area contributed by atoms with Crippen molar-refractivity contribution in [1.82, 2.24) is 4.90 Å². The summed E-state index contributed by atoms with van der Waals surface area (Å²) in [5.41, 5.74) is 1.62. The molecule has 0 saturated carbocycles. The molecule has 0 aromatic heterocycles. The number of esters is 1. The van der Waals surface area contributed by atoms with E-state index in [1.807, 2.05) is 46.9 Å². The van der Waals surface area contributed by atoms with Crippen molar-refractivity contribution in [2.75, 3.05) is 13.2 Å². The predicted octanol–water partition coefficient (Wildman–Crippen LogP) is 4.96. The molecule has 3 rings (SSSR count). The minimum Gasteiger partial charge on any atom is -0.464 e. The zero-order chi connectivity index (χ0) is 20.3. The van der Waals surface area contributed by atoms with E-state index < -0.39 is 22.2 Å². The first kappa shape index (κ1) is 21.4. The number of rotatable bonds is 5. The van der Waals surface area contributed by atoms with Gasteiger partial charge in [-0.05, 0) is 64.9 Å². The molecule has 1 fully saturated rings. The molecule has 0 bridgehead atoms. The summed E-state index contributed by atoms with van der Waals surface area (Å²) in [7, 11) is 0. The summed E-state index contributed by atoms with van der Waals surface area (Å²) < 4.78 is 10.3. The summed E-state index contributed by atoms with van der Waals surface area (Å²) in [6.07, 6.45) is -0.496. The first-order valence-corrected chi connectivity index (χ1v) is 10.7. The minimum absolute atomic E-state index is 0.139. The second-order valence-corrected chi connectivity index (χ2v) is 8.22. The van der Waals surface area contributed by atoms with Crippen LogP contribution in [-0.4, -0.2) is 34.0 Å². The molecule has 5 nitrogen and oxygen atoms in total. The Hall–Kier alpha value is -1.35. The second kappa shape index (κ2) is 9.43. The Morgan fingerprint density at radius 2 is 1.93 bits per heavy atom. The molecule has 2 aromatic carbocycles. The van der Waals surface area contributed by atoms with Crippen molar-refractivity contribution in [3.05, 3.63) is 69.7 Å². The smallest absolute Gasteiger partial charge is 0.339 e. The van der Waals surface area contributed by atoms with Gasteiger partial charge in [-0.15, -0.1) is 0 Å². The van der Waals surface area contributed by atoms with Gasteiger partial charge in [-0.1, -0.05) is 47.5 Å². The van der Waals surface area contributed by atoms with Crippen molar-refractivity contribution in [2.24, 2.45) is 0 Å². The molecule has 0 radical (unpaired) electrons. The van der Waals surface area contributed by atoms with Gasteiger partial charge in [0.2, 0.25) is 0 Å². The quantitative estimate of drug-likeness (QED) is 0.236. The fraction of sp³-hybridized carbons (Fsp3) is 0.300. The van der Waals surface area contributed by atoms with Crippen LogP contribution >= 0.6 is 45.8 Å². The summed E-state index contributed by atoms with van der Waals surface area (Å²) in [6.45, 7) is 1.83. The molecule has 0 unspecified atom stereocenters. The zero-order valence-corrected chi connectivity index (χ0v) is 18.6. The molecule has 3 atom stereocenters. The van der Waals surface area contributed by atoms with Crippen LogP contribution in [0.3, 0.4) is 0 Å². The number of halogens is 3. The average Bonchev–Trinajstić information content (AvgIpc) is 2.68. The van der Waals surface area contributed by atoms with E-state index in [0.717, 1.165) is 11.1 Å². The Kier molecular flexibility index (Phi) is 7.20.